The molecule has 17 heavy (non-hydrogen) atoms. The number of benzene rings is 1. The zero-order valence-corrected chi connectivity index (χ0v) is 13.7. The standard InChI is InChI=1S/C9H6Br3ClN2O2/c10-3-1-4(11)8(15-5(16)2-13)7(12)6(3)9(14)17/h1H,2H2,(H2,14,17)(H,15,16). The maximum atomic E-state index is 11.3. The van der Waals surface area contributed by atoms with Gasteiger partial charge in [-0.05, 0) is 53.9 Å². The largest absolute Gasteiger partial charge is 0.366 e. The molecule has 1 aromatic carbocycles. The van der Waals surface area contributed by atoms with Crippen molar-refractivity contribution in [3.63, 3.8) is 0 Å². The van der Waals surface area contributed by atoms with Crippen LogP contribution >= 0.6 is 59.4 Å². The second-order valence-corrected chi connectivity index (χ2v) is 5.72. The summed E-state index contributed by atoms with van der Waals surface area (Å²) in [6.07, 6.45) is 0. The van der Waals surface area contributed by atoms with Gasteiger partial charge in [0.05, 0.1) is 15.7 Å². The predicted octanol–water partition coefficient (Wildman–Crippen LogP) is 3.25. The molecule has 0 radical (unpaired) electrons. The zero-order valence-electron chi connectivity index (χ0n) is 8.19. The van der Waals surface area contributed by atoms with Gasteiger partial charge < -0.3 is 11.1 Å². The van der Waals surface area contributed by atoms with Crippen LogP contribution in [0.2, 0.25) is 0 Å². The number of hydrogen-bond acceptors (Lipinski definition) is 2. The van der Waals surface area contributed by atoms with E-state index >= 15 is 0 Å². The van der Waals surface area contributed by atoms with Crippen LogP contribution in [0.15, 0.2) is 19.5 Å². The number of alkyl halides is 1. The smallest absolute Gasteiger partial charge is 0.251 e. The van der Waals surface area contributed by atoms with Crippen molar-refractivity contribution in [3.05, 3.63) is 25.0 Å². The molecule has 1 aromatic rings. The molecule has 0 saturated carbocycles. The average molecular weight is 449 g/mol. The summed E-state index contributed by atoms with van der Waals surface area (Å²) in [5.41, 5.74) is 5.90. The van der Waals surface area contributed by atoms with E-state index in [2.05, 4.69) is 53.1 Å². The molecule has 0 aromatic heterocycles. The van der Waals surface area contributed by atoms with Gasteiger partial charge in [-0.3, -0.25) is 9.59 Å². The number of halogens is 4. The summed E-state index contributed by atoms with van der Waals surface area (Å²) in [5, 5.41) is 2.56. The Morgan fingerprint density at radius 1 is 1.29 bits per heavy atom. The van der Waals surface area contributed by atoms with Gasteiger partial charge >= 0.3 is 0 Å². The molecule has 0 unspecified atom stereocenters. The molecule has 3 N–H and O–H groups in total. The van der Waals surface area contributed by atoms with Gasteiger partial charge in [-0.2, -0.15) is 0 Å². The zero-order chi connectivity index (χ0) is 13.2. The molecule has 0 spiro atoms. The van der Waals surface area contributed by atoms with Gasteiger partial charge in [0.25, 0.3) is 5.91 Å². The van der Waals surface area contributed by atoms with Crippen LogP contribution in [0.3, 0.4) is 0 Å². The Hall–Kier alpha value is -0.110. The highest BCUT2D eigenvalue weighted by atomic mass is 79.9. The first kappa shape index (κ1) is 14.9. The molecule has 1 rings (SSSR count). The summed E-state index contributed by atoms with van der Waals surface area (Å²) in [4.78, 5) is 22.5. The molecule has 2 amide bonds. The lowest BCUT2D eigenvalue weighted by Crippen LogP contribution is -2.17. The van der Waals surface area contributed by atoms with Crippen molar-refractivity contribution in [2.75, 3.05) is 11.2 Å². The van der Waals surface area contributed by atoms with Crippen molar-refractivity contribution >= 4 is 76.9 Å². The Bertz CT molecular complexity index is 494. The number of nitrogens with one attached hydrogen (secondary N) is 1. The minimum atomic E-state index is -0.613. The molecular formula is C9H6Br3ClN2O2. The summed E-state index contributed by atoms with van der Waals surface area (Å²) in [5.74, 6) is -1.18. The molecule has 0 heterocycles. The van der Waals surface area contributed by atoms with Crippen LogP contribution in [0.1, 0.15) is 10.4 Å². The molecule has 4 nitrogen and oxygen atoms in total. The molecule has 92 valence electrons. The van der Waals surface area contributed by atoms with E-state index in [1.165, 1.54) is 0 Å². The van der Waals surface area contributed by atoms with Crippen LogP contribution in [0.4, 0.5) is 5.69 Å². The number of nitrogens with two attached hydrogens (primary N) is 1. The number of rotatable bonds is 3. The maximum Gasteiger partial charge on any atom is 0.251 e. The quantitative estimate of drug-likeness (QED) is 0.696. The average Bonchev–Trinajstić information content (AvgIpc) is 2.22. The van der Waals surface area contributed by atoms with Gasteiger partial charge in [0.2, 0.25) is 5.91 Å². The third kappa shape index (κ3) is 3.43. The van der Waals surface area contributed by atoms with E-state index in [9.17, 15) is 9.59 Å². The van der Waals surface area contributed by atoms with E-state index < -0.39 is 5.91 Å². The SMILES string of the molecule is NC(=O)c1c(Br)cc(Br)c(NC(=O)CCl)c1Br. The van der Waals surface area contributed by atoms with Crippen LogP contribution in [-0.2, 0) is 4.79 Å². The first-order valence-corrected chi connectivity index (χ1v) is 7.13. The molecule has 0 fully saturated rings. The van der Waals surface area contributed by atoms with Crippen molar-refractivity contribution in [3.8, 4) is 0 Å². The Balaban J connectivity index is 3.35. The number of carbonyl (C=O) groups is 2. The fraction of sp³-hybridized carbons (Fsp3) is 0.111. The van der Waals surface area contributed by atoms with Crippen LogP contribution < -0.4 is 11.1 Å². The highest BCUT2D eigenvalue weighted by Gasteiger charge is 2.19. The normalized spacial score (nSPS) is 10.1. The van der Waals surface area contributed by atoms with Gasteiger partial charge in [0, 0.05) is 8.95 Å². The summed E-state index contributed by atoms with van der Waals surface area (Å²) in [7, 11) is 0. The second-order valence-electron chi connectivity index (χ2n) is 2.95. The highest BCUT2D eigenvalue weighted by Crippen LogP contribution is 2.38. The van der Waals surface area contributed by atoms with Crippen LogP contribution in [0, 0.1) is 0 Å². The van der Waals surface area contributed by atoms with Crippen LogP contribution in [-0.4, -0.2) is 17.7 Å². The molecule has 0 aliphatic carbocycles. The monoisotopic (exact) mass is 446 g/mol. The lowest BCUT2D eigenvalue weighted by Gasteiger charge is -2.12. The van der Waals surface area contributed by atoms with E-state index in [4.69, 9.17) is 17.3 Å². The predicted molar refractivity (Wildman–Crippen MR) is 77.4 cm³/mol. The van der Waals surface area contributed by atoms with Gasteiger partial charge in [-0.1, -0.05) is 0 Å². The number of anilines is 1. The summed E-state index contributed by atoms with van der Waals surface area (Å²) >= 11 is 15.1. The molecule has 0 saturated heterocycles. The Morgan fingerprint density at radius 3 is 2.35 bits per heavy atom. The van der Waals surface area contributed by atoms with Crippen molar-refractivity contribution < 1.29 is 9.59 Å². The minimum absolute atomic E-state index is 0.180. The Kier molecular flexibility index (Phi) is 5.43. The van der Waals surface area contributed by atoms with E-state index in [1.807, 2.05) is 0 Å². The Morgan fingerprint density at radius 2 is 1.88 bits per heavy atom. The van der Waals surface area contributed by atoms with Crippen molar-refractivity contribution in [1.82, 2.24) is 0 Å². The topological polar surface area (TPSA) is 72.2 Å². The van der Waals surface area contributed by atoms with Crippen LogP contribution in [0.5, 0.6) is 0 Å². The first-order valence-electron chi connectivity index (χ1n) is 4.21. The van der Waals surface area contributed by atoms with E-state index in [1.54, 1.807) is 6.07 Å². The number of carbonyl (C=O) groups excluding carboxylic acids is 2. The van der Waals surface area contributed by atoms with Gasteiger partial charge in [0.1, 0.15) is 5.88 Å². The summed E-state index contributed by atoms with van der Waals surface area (Å²) in [6.45, 7) is 0. The molecular weight excluding hydrogens is 443 g/mol. The number of primary amides is 1. The third-order valence-corrected chi connectivity index (χ3v) is 4.09. The highest BCUT2D eigenvalue weighted by molar-refractivity contribution is 9.11. The third-order valence-electron chi connectivity index (χ3n) is 1.80. The molecule has 0 aliphatic rings. The molecule has 0 atom stereocenters. The van der Waals surface area contributed by atoms with E-state index in [-0.39, 0.29) is 17.4 Å². The van der Waals surface area contributed by atoms with E-state index in [0.29, 0.717) is 19.1 Å². The fourth-order valence-electron chi connectivity index (χ4n) is 1.10. The summed E-state index contributed by atoms with van der Waals surface area (Å²) < 4.78 is 1.51. The van der Waals surface area contributed by atoms with E-state index in [0.717, 1.165) is 0 Å². The van der Waals surface area contributed by atoms with Crippen molar-refractivity contribution in [2.24, 2.45) is 5.73 Å². The lowest BCUT2D eigenvalue weighted by molar-refractivity contribution is -0.113. The van der Waals surface area contributed by atoms with Gasteiger partial charge in [-0.25, -0.2) is 0 Å². The van der Waals surface area contributed by atoms with Crippen molar-refractivity contribution in [2.45, 2.75) is 0 Å². The molecule has 0 bridgehead atoms. The van der Waals surface area contributed by atoms with Gasteiger partial charge in [0.15, 0.2) is 0 Å². The number of hydrogen-bond donors (Lipinski definition) is 2. The summed E-state index contributed by atoms with van der Waals surface area (Å²) in [6, 6.07) is 1.62. The maximum absolute atomic E-state index is 11.3. The molecule has 8 heteroatoms. The van der Waals surface area contributed by atoms with Crippen LogP contribution in [0.25, 0.3) is 0 Å². The minimum Gasteiger partial charge on any atom is -0.366 e. The lowest BCUT2D eigenvalue weighted by atomic mass is 10.2. The Labute approximate surface area is 128 Å². The van der Waals surface area contributed by atoms with Crippen molar-refractivity contribution in [1.29, 1.82) is 0 Å². The van der Waals surface area contributed by atoms with Gasteiger partial charge in [-0.15, -0.1) is 11.6 Å². The number of amides is 2. The molecule has 0 aliphatic heterocycles. The second kappa shape index (κ2) is 6.17. The first-order chi connectivity index (χ1) is 7.88. The fourth-order valence-corrected chi connectivity index (χ4v) is 3.88.